The van der Waals surface area contributed by atoms with Crippen LogP contribution in [0.4, 0.5) is 0 Å². The topological polar surface area (TPSA) is 111 Å². The number of imidazole rings is 1. The molecule has 0 saturated carbocycles. The summed E-state index contributed by atoms with van der Waals surface area (Å²) in [6, 6.07) is 0.0669. The zero-order valence-corrected chi connectivity index (χ0v) is 11.1. The summed E-state index contributed by atoms with van der Waals surface area (Å²) in [5.41, 5.74) is 5.76. The van der Waals surface area contributed by atoms with Crippen molar-refractivity contribution in [3.63, 3.8) is 0 Å². The molecule has 1 atom stereocenters. The van der Waals surface area contributed by atoms with E-state index in [2.05, 4.69) is 10.2 Å². The second-order valence-electron chi connectivity index (χ2n) is 4.84. The SMILES string of the molecule is N[C@H]1CCN(C(=O)CCc2nccn2CC(=O)N=O)C1. The molecule has 1 saturated heterocycles. The van der Waals surface area contributed by atoms with Gasteiger partial charge in [-0.25, -0.2) is 4.98 Å². The predicted octanol–water partition coefficient (Wildman–Crippen LogP) is -0.332. The van der Waals surface area contributed by atoms with Crippen LogP contribution in [0.2, 0.25) is 0 Å². The molecule has 0 radical (unpaired) electrons. The van der Waals surface area contributed by atoms with E-state index in [-0.39, 0.29) is 18.5 Å². The molecule has 1 aromatic heterocycles. The summed E-state index contributed by atoms with van der Waals surface area (Å²) in [6.45, 7) is 1.16. The van der Waals surface area contributed by atoms with E-state index in [1.54, 1.807) is 11.1 Å². The van der Waals surface area contributed by atoms with Crippen LogP contribution in [-0.2, 0) is 22.6 Å². The fourth-order valence-electron chi connectivity index (χ4n) is 2.28. The standard InChI is InChI=1S/C12H17N5O3/c13-9-3-5-17(7-9)12(19)2-1-10-14-4-6-16(10)8-11(18)15-20/h4,6,9H,1-3,5,7-8,13H2/t9-/m0/s1. The smallest absolute Gasteiger partial charge is 0.305 e. The molecule has 8 nitrogen and oxygen atoms in total. The first-order valence-electron chi connectivity index (χ1n) is 6.49. The lowest BCUT2D eigenvalue weighted by molar-refractivity contribution is -0.130. The van der Waals surface area contributed by atoms with E-state index in [9.17, 15) is 14.5 Å². The number of nitrogens with zero attached hydrogens (tertiary/aromatic N) is 4. The minimum Gasteiger partial charge on any atom is -0.341 e. The van der Waals surface area contributed by atoms with Crippen LogP contribution < -0.4 is 5.73 Å². The highest BCUT2D eigenvalue weighted by Gasteiger charge is 2.23. The number of carbonyl (C=O) groups is 2. The molecule has 1 fully saturated rings. The van der Waals surface area contributed by atoms with Crippen LogP contribution in [0.3, 0.4) is 0 Å². The van der Waals surface area contributed by atoms with Crippen molar-refractivity contribution >= 4 is 11.8 Å². The van der Waals surface area contributed by atoms with Crippen LogP contribution in [0.25, 0.3) is 0 Å². The molecule has 0 aromatic carbocycles. The lowest BCUT2D eigenvalue weighted by Gasteiger charge is -2.15. The molecule has 2 heterocycles. The van der Waals surface area contributed by atoms with Gasteiger partial charge < -0.3 is 15.2 Å². The molecular weight excluding hydrogens is 262 g/mol. The average Bonchev–Trinajstić information content (AvgIpc) is 3.05. The maximum absolute atomic E-state index is 12.0. The minimum atomic E-state index is -0.763. The van der Waals surface area contributed by atoms with Crippen LogP contribution in [-0.4, -0.2) is 45.4 Å². The van der Waals surface area contributed by atoms with E-state index in [4.69, 9.17) is 5.73 Å². The maximum atomic E-state index is 12.0. The second kappa shape index (κ2) is 6.38. The highest BCUT2D eigenvalue weighted by molar-refractivity contribution is 5.77. The fraction of sp³-hybridized carbons (Fsp3) is 0.583. The molecule has 0 spiro atoms. The Morgan fingerprint density at radius 1 is 1.50 bits per heavy atom. The van der Waals surface area contributed by atoms with Gasteiger partial charge in [0.2, 0.25) is 5.91 Å². The van der Waals surface area contributed by atoms with Crippen LogP contribution in [0.1, 0.15) is 18.7 Å². The van der Waals surface area contributed by atoms with Gasteiger partial charge in [-0.05, 0) is 6.42 Å². The van der Waals surface area contributed by atoms with Gasteiger partial charge >= 0.3 is 5.91 Å². The van der Waals surface area contributed by atoms with E-state index in [0.29, 0.717) is 31.8 Å². The summed E-state index contributed by atoms with van der Waals surface area (Å²) in [6.07, 6.45) is 4.69. The van der Waals surface area contributed by atoms with Gasteiger partial charge in [-0.2, -0.15) is 0 Å². The third kappa shape index (κ3) is 3.47. The lowest BCUT2D eigenvalue weighted by Crippen LogP contribution is -2.32. The molecule has 2 rings (SSSR count). The van der Waals surface area contributed by atoms with Gasteiger partial charge in [-0.15, -0.1) is 4.91 Å². The van der Waals surface area contributed by atoms with Crippen molar-refractivity contribution in [1.29, 1.82) is 0 Å². The first kappa shape index (κ1) is 14.3. The molecule has 0 bridgehead atoms. The minimum absolute atomic E-state index is 0.0346. The summed E-state index contributed by atoms with van der Waals surface area (Å²) < 4.78 is 1.53. The first-order valence-corrected chi connectivity index (χ1v) is 6.49. The van der Waals surface area contributed by atoms with Crippen LogP contribution in [0.15, 0.2) is 17.6 Å². The Hall–Kier alpha value is -2.09. The lowest BCUT2D eigenvalue weighted by atomic mass is 10.2. The van der Waals surface area contributed by atoms with Crippen molar-refractivity contribution in [1.82, 2.24) is 14.5 Å². The molecule has 1 aliphatic rings. The van der Waals surface area contributed by atoms with Crippen LogP contribution in [0, 0.1) is 4.91 Å². The Kier molecular flexibility index (Phi) is 4.57. The number of hydrogen-bond acceptors (Lipinski definition) is 5. The largest absolute Gasteiger partial charge is 0.341 e. The second-order valence-corrected chi connectivity index (χ2v) is 4.84. The predicted molar refractivity (Wildman–Crippen MR) is 70.5 cm³/mol. The molecule has 1 aromatic rings. The summed E-state index contributed by atoms with van der Waals surface area (Å²) >= 11 is 0. The van der Waals surface area contributed by atoms with Crippen molar-refractivity contribution in [2.75, 3.05) is 13.1 Å². The Morgan fingerprint density at radius 3 is 2.95 bits per heavy atom. The normalized spacial score (nSPS) is 18.2. The van der Waals surface area contributed by atoms with E-state index in [0.717, 1.165) is 6.42 Å². The molecule has 8 heteroatoms. The number of hydrogen-bond donors (Lipinski definition) is 1. The molecule has 108 valence electrons. The third-order valence-corrected chi connectivity index (χ3v) is 3.35. The highest BCUT2D eigenvalue weighted by Crippen LogP contribution is 2.10. The molecule has 1 aliphatic heterocycles. The highest BCUT2D eigenvalue weighted by atomic mass is 16.3. The van der Waals surface area contributed by atoms with Gasteiger partial charge in [-0.1, -0.05) is 0 Å². The summed E-state index contributed by atoms with van der Waals surface area (Å²) in [4.78, 5) is 38.9. The number of aromatic nitrogens is 2. The number of nitroso groups, excluding NO2 is 1. The maximum Gasteiger partial charge on any atom is 0.305 e. The van der Waals surface area contributed by atoms with Crippen LogP contribution >= 0.6 is 0 Å². The molecule has 0 aliphatic carbocycles. The summed E-state index contributed by atoms with van der Waals surface area (Å²) in [5, 5.41) is 2.34. The monoisotopic (exact) mass is 279 g/mol. The number of aryl methyl sites for hydroxylation is 1. The zero-order valence-electron chi connectivity index (χ0n) is 11.1. The summed E-state index contributed by atoms with van der Waals surface area (Å²) in [7, 11) is 0. The van der Waals surface area contributed by atoms with Crippen molar-refractivity contribution in [2.24, 2.45) is 10.9 Å². The van der Waals surface area contributed by atoms with Crippen molar-refractivity contribution in [2.45, 2.75) is 31.8 Å². The van der Waals surface area contributed by atoms with Gasteiger partial charge in [-0.3, -0.25) is 9.59 Å². The van der Waals surface area contributed by atoms with Gasteiger partial charge in [0.25, 0.3) is 0 Å². The van der Waals surface area contributed by atoms with Gasteiger partial charge in [0.05, 0.1) is 0 Å². The Labute approximate surface area is 115 Å². The third-order valence-electron chi connectivity index (χ3n) is 3.35. The number of amides is 2. The first-order chi connectivity index (χ1) is 9.60. The number of likely N-dealkylation sites (tertiary alicyclic amines) is 1. The van der Waals surface area contributed by atoms with Crippen molar-refractivity contribution in [3.8, 4) is 0 Å². The number of carbonyl (C=O) groups excluding carboxylic acids is 2. The van der Waals surface area contributed by atoms with Gasteiger partial charge in [0.1, 0.15) is 12.4 Å². The van der Waals surface area contributed by atoms with E-state index in [1.807, 2.05) is 0 Å². The number of nitrogens with two attached hydrogens (primary N) is 1. The quantitative estimate of drug-likeness (QED) is 0.742. The fourth-order valence-corrected chi connectivity index (χ4v) is 2.28. The molecule has 2 N–H and O–H groups in total. The van der Waals surface area contributed by atoms with Gasteiger partial charge in [0, 0.05) is 49.5 Å². The molecule has 20 heavy (non-hydrogen) atoms. The Bertz CT molecular complexity index is 513. The van der Waals surface area contributed by atoms with Gasteiger partial charge in [0.15, 0.2) is 0 Å². The van der Waals surface area contributed by atoms with Crippen molar-refractivity contribution in [3.05, 3.63) is 23.1 Å². The number of rotatable bonds is 5. The van der Waals surface area contributed by atoms with E-state index >= 15 is 0 Å². The van der Waals surface area contributed by atoms with Crippen molar-refractivity contribution < 1.29 is 9.59 Å². The summed E-state index contributed by atoms with van der Waals surface area (Å²) in [5.74, 6) is -0.132. The van der Waals surface area contributed by atoms with E-state index < -0.39 is 5.91 Å². The van der Waals surface area contributed by atoms with E-state index in [1.165, 1.54) is 10.8 Å². The molecular formula is C12H17N5O3. The molecule has 0 unspecified atom stereocenters. The molecule has 2 amide bonds. The van der Waals surface area contributed by atoms with Crippen LogP contribution in [0.5, 0.6) is 0 Å². The zero-order chi connectivity index (χ0) is 14.5. The Morgan fingerprint density at radius 2 is 2.30 bits per heavy atom. The average molecular weight is 279 g/mol. The Balaban J connectivity index is 1.88.